The van der Waals surface area contributed by atoms with Crippen LogP contribution in [-0.2, 0) is 9.84 Å². The normalized spacial score (nSPS) is 11.3. The Morgan fingerprint density at radius 3 is 2.45 bits per heavy atom. The molecule has 1 N–H and O–H groups in total. The summed E-state index contributed by atoms with van der Waals surface area (Å²) in [5.74, 6) is -1.15. The van der Waals surface area contributed by atoms with Crippen LogP contribution in [0.3, 0.4) is 0 Å². The summed E-state index contributed by atoms with van der Waals surface area (Å²) in [6.45, 7) is 0. The van der Waals surface area contributed by atoms with Crippen LogP contribution in [0.5, 0.6) is 0 Å². The van der Waals surface area contributed by atoms with Crippen LogP contribution in [0.1, 0.15) is 9.67 Å². The average molecular weight is 351 g/mol. The third-order valence-corrected chi connectivity index (χ3v) is 5.64. The van der Waals surface area contributed by atoms with Gasteiger partial charge in [0.25, 0.3) is 5.91 Å². The lowest BCUT2D eigenvalue weighted by Gasteiger charge is -2.05. The number of hydrogen-bond donors (Lipinski definition) is 1. The monoisotopic (exact) mass is 350 g/mol. The summed E-state index contributed by atoms with van der Waals surface area (Å²) in [7, 11) is -3.59. The fraction of sp³-hybridized carbons (Fsp3) is 0.0909. The molecular formula is C11H8Cl2N2O3S2. The molecule has 0 bridgehead atoms. The highest BCUT2D eigenvalue weighted by atomic mass is 35.5. The van der Waals surface area contributed by atoms with Crippen LogP contribution in [0.4, 0.5) is 0 Å². The summed E-state index contributed by atoms with van der Waals surface area (Å²) in [6, 6.07) is 7.83. The number of sulfone groups is 1. The van der Waals surface area contributed by atoms with Crippen LogP contribution in [-0.4, -0.2) is 24.6 Å². The lowest BCUT2D eigenvalue weighted by atomic mass is 10.4. The number of amides is 1. The topological polar surface area (TPSA) is 76.1 Å². The van der Waals surface area contributed by atoms with E-state index in [9.17, 15) is 13.2 Å². The molecule has 1 aromatic carbocycles. The van der Waals surface area contributed by atoms with Crippen molar-refractivity contribution in [2.45, 2.75) is 4.90 Å². The number of nitrogens with one attached hydrogen (secondary N) is 1. The Morgan fingerprint density at radius 1 is 1.25 bits per heavy atom. The van der Waals surface area contributed by atoms with Crippen molar-refractivity contribution in [2.75, 3.05) is 5.88 Å². The quantitative estimate of drug-likeness (QED) is 0.919. The molecule has 0 atom stereocenters. The number of nitrogens with zero attached hydrogens (tertiary/aromatic N) is 1. The zero-order chi connectivity index (χ0) is 14.8. The number of hydrogen-bond acceptors (Lipinski definition) is 5. The van der Waals surface area contributed by atoms with E-state index in [4.69, 9.17) is 23.2 Å². The van der Waals surface area contributed by atoms with Crippen molar-refractivity contribution in [2.24, 2.45) is 0 Å². The molecule has 0 radical (unpaired) electrons. The van der Waals surface area contributed by atoms with Gasteiger partial charge < -0.3 is 5.32 Å². The summed E-state index contributed by atoms with van der Waals surface area (Å²) in [5, 5.41) is 2.33. The predicted molar refractivity (Wildman–Crippen MR) is 78.1 cm³/mol. The average Bonchev–Trinajstić information content (AvgIpc) is 2.78. The standard InChI is InChI=1S/C11H8Cl2N2O3S2/c12-8-9(19-15-10(8)13)11(16)14-6-20(17,18)7-4-2-1-3-5-7/h1-5H,6H2,(H,14,16). The summed E-state index contributed by atoms with van der Waals surface area (Å²) >= 11 is 12.2. The highest BCUT2D eigenvalue weighted by molar-refractivity contribution is 7.91. The number of carbonyl (C=O) groups is 1. The molecule has 2 rings (SSSR count). The Labute approximate surface area is 129 Å². The van der Waals surface area contributed by atoms with Gasteiger partial charge in [-0.2, -0.15) is 4.37 Å². The molecule has 5 nitrogen and oxygen atoms in total. The Balaban J connectivity index is 2.09. The van der Waals surface area contributed by atoms with Gasteiger partial charge in [-0.05, 0) is 23.7 Å². The van der Waals surface area contributed by atoms with Gasteiger partial charge in [0.15, 0.2) is 15.0 Å². The third kappa shape index (κ3) is 3.29. The first-order valence-corrected chi connectivity index (χ1v) is 8.46. The van der Waals surface area contributed by atoms with Crippen molar-refractivity contribution in [1.82, 2.24) is 9.69 Å². The van der Waals surface area contributed by atoms with Crippen molar-refractivity contribution in [3.63, 3.8) is 0 Å². The minimum atomic E-state index is -3.59. The molecule has 0 aliphatic rings. The first kappa shape index (κ1) is 15.2. The highest BCUT2D eigenvalue weighted by Gasteiger charge is 2.20. The van der Waals surface area contributed by atoms with E-state index < -0.39 is 21.6 Å². The van der Waals surface area contributed by atoms with E-state index in [2.05, 4.69) is 9.69 Å². The summed E-state index contributed by atoms with van der Waals surface area (Å²) in [6.07, 6.45) is 0. The Bertz CT molecular complexity index is 729. The molecule has 0 saturated heterocycles. The molecule has 0 aliphatic carbocycles. The lowest BCUT2D eigenvalue weighted by Crippen LogP contribution is -2.29. The number of carbonyl (C=O) groups excluding carboxylic acids is 1. The van der Waals surface area contributed by atoms with Gasteiger partial charge in [0.05, 0.1) is 4.90 Å². The molecule has 0 aliphatic heterocycles. The van der Waals surface area contributed by atoms with Crippen LogP contribution in [0.15, 0.2) is 35.2 Å². The first-order valence-electron chi connectivity index (χ1n) is 5.28. The van der Waals surface area contributed by atoms with E-state index in [0.29, 0.717) is 0 Å². The maximum Gasteiger partial charge on any atom is 0.265 e. The zero-order valence-electron chi connectivity index (χ0n) is 9.84. The predicted octanol–water partition coefficient (Wildman–Crippen LogP) is 2.61. The van der Waals surface area contributed by atoms with Crippen LogP contribution in [0.2, 0.25) is 10.2 Å². The second kappa shape index (κ2) is 6.09. The molecule has 0 saturated carbocycles. The molecule has 0 unspecified atom stereocenters. The van der Waals surface area contributed by atoms with E-state index in [1.807, 2.05) is 0 Å². The fourth-order valence-corrected chi connectivity index (χ4v) is 3.54. The molecule has 2 aromatic rings. The SMILES string of the molecule is O=C(NCS(=O)(=O)c1ccccc1)c1snc(Cl)c1Cl. The van der Waals surface area contributed by atoms with Crippen molar-refractivity contribution in [1.29, 1.82) is 0 Å². The van der Waals surface area contributed by atoms with Gasteiger partial charge in [0, 0.05) is 0 Å². The van der Waals surface area contributed by atoms with E-state index in [1.54, 1.807) is 18.2 Å². The molecule has 20 heavy (non-hydrogen) atoms. The molecule has 106 valence electrons. The van der Waals surface area contributed by atoms with Crippen molar-refractivity contribution in [3.8, 4) is 0 Å². The fourth-order valence-electron chi connectivity index (χ4n) is 1.35. The van der Waals surface area contributed by atoms with Gasteiger partial charge in [0.2, 0.25) is 0 Å². The van der Waals surface area contributed by atoms with Crippen LogP contribution >= 0.6 is 34.7 Å². The minimum Gasteiger partial charge on any atom is -0.337 e. The molecule has 1 heterocycles. The van der Waals surface area contributed by atoms with Gasteiger partial charge in [-0.1, -0.05) is 41.4 Å². The lowest BCUT2D eigenvalue weighted by molar-refractivity contribution is 0.0964. The number of aromatic nitrogens is 1. The van der Waals surface area contributed by atoms with Crippen molar-refractivity contribution >= 4 is 50.5 Å². The van der Waals surface area contributed by atoms with Crippen molar-refractivity contribution in [3.05, 3.63) is 45.4 Å². The second-order valence-electron chi connectivity index (χ2n) is 3.69. The van der Waals surface area contributed by atoms with E-state index in [1.165, 1.54) is 12.1 Å². The Hall–Kier alpha value is -1.15. The Kier molecular flexibility index (Phi) is 4.64. The molecule has 1 aromatic heterocycles. The van der Waals surface area contributed by atoms with Crippen LogP contribution < -0.4 is 5.32 Å². The number of halogens is 2. The zero-order valence-corrected chi connectivity index (χ0v) is 13.0. The first-order chi connectivity index (χ1) is 9.42. The molecule has 0 spiro atoms. The summed E-state index contributed by atoms with van der Waals surface area (Å²) in [5.41, 5.74) is 0. The second-order valence-corrected chi connectivity index (χ2v) is 7.19. The Morgan fingerprint density at radius 2 is 1.90 bits per heavy atom. The smallest absolute Gasteiger partial charge is 0.265 e. The molecule has 9 heteroatoms. The molecule has 0 fully saturated rings. The van der Waals surface area contributed by atoms with E-state index in [0.717, 1.165) is 11.5 Å². The third-order valence-electron chi connectivity index (χ3n) is 2.33. The van der Waals surface area contributed by atoms with Gasteiger partial charge in [0.1, 0.15) is 15.8 Å². The van der Waals surface area contributed by atoms with Gasteiger partial charge in [-0.3, -0.25) is 4.79 Å². The maximum atomic E-state index is 12.0. The largest absolute Gasteiger partial charge is 0.337 e. The minimum absolute atomic E-state index is 0.0197. The van der Waals surface area contributed by atoms with Crippen molar-refractivity contribution < 1.29 is 13.2 Å². The molecular weight excluding hydrogens is 343 g/mol. The molecule has 1 amide bonds. The van der Waals surface area contributed by atoms with Crippen LogP contribution in [0, 0.1) is 0 Å². The van der Waals surface area contributed by atoms with Gasteiger partial charge in [-0.15, -0.1) is 0 Å². The number of rotatable bonds is 4. The van der Waals surface area contributed by atoms with Crippen LogP contribution in [0.25, 0.3) is 0 Å². The summed E-state index contributed by atoms with van der Waals surface area (Å²) < 4.78 is 27.6. The number of benzene rings is 1. The maximum absolute atomic E-state index is 12.0. The van der Waals surface area contributed by atoms with Gasteiger partial charge in [-0.25, -0.2) is 8.42 Å². The van der Waals surface area contributed by atoms with Gasteiger partial charge >= 0.3 is 0 Å². The highest BCUT2D eigenvalue weighted by Crippen LogP contribution is 2.28. The van der Waals surface area contributed by atoms with E-state index in [-0.39, 0.29) is 19.9 Å². The summed E-state index contributed by atoms with van der Waals surface area (Å²) in [4.78, 5) is 12.0. The van der Waals surface area contributed by atoms with E-state index >= 15 is 0 Å².